The average molecular weight is 335 g/mol. The Bertz CT molecular complexity index is 868. The molecule has 0 spiro atoms. The molecule has 1 amide bonds. The van der Waals surface area contributed by atoms with E-state index < -0.39 is 0 Å². The number of amides is 1. The van der Waals surface area contributed by atoms with Crippen molar-refractivity contribution in [3.05, 3.63) is 60.4 Å². The van der Waals surface area contributed by atoms with E-state index in [1.807, 2.05) is 48.6 Å². The van der Waals surface area contributed by atoms with Crippen molar-refractivity contribution in [1.29, 1.82) is 0 Å². The molecule has 4 rings (SSSR count). The number of rotatable bonds is 3. The van der Waals surface area contributed by atoms with Gasteiger partial charge in [0, 0.05) is 62.0 Å². The molecule has 1 N–H and O–H groups in total. The average Bonchev–Trinajstić information content (AvgIpc) is 3.33. The summed E-state index contributed by atoms with van der Waals surface area (Å²) in [6.45, 7) is 1.51. The van der Waals surface area contributed by atoms with Gasteiger partial charge in [0.1, 0.15) is 11.6 Å². The molecule has 25 heavy (non-hydrogen) atoms. The molecule has 1 atom stereocenters. The number of imidazole rings is 2. The van der Waals surface area contributed by atoms with Gasteiger partial charge in [0.25, 0.3) is 5.91 Å². The summed E-state index contributed by atoms with van der Waals surface area (Å²) in [5, 5.41) is 0. The van der Waals surface area contributed by atoms with Crippen molar-refractivity contribution >= 4 is 5.91 Å². The Morgan fingerprint density at radius 1 is 1.28 bits per heavy atom. The fourth-order valence-corrected chi connectivity index (χ4v) is 3.55. The fraction of sp³-hybridized carbons (Fsp3) is 0.316. The van der Waals surface area contributed by atoms with E-state index in [1.165, 1.54) is 0 Å². The summed E-state index contributed by atoms with van der Waals surface area (Å²) in [4.78, 5) is 26.8. The van der Waals surface area contributed by atoms with Crippen LogP contribution in [0.15, 0.2) is 49.1 Å². The maximum Gasteiger partial charge on any atom is 0.253 e. The second-order valence-corrected chi connectivity index (χ2v) is 6.51. The molecule has 0 saturated carbocycles. The van der Waals surface area contributed by atoms with Gasteiger partial charge in [0.15, 0.2) is 0 Å². The lowest BCUT2D eigenvalue weighted by atomic mass is 9.96. The van der Waals surface area contributed by atoms with Gasteiger partial charge >= 0.3 is 0 Å². The smallest absolute Gasteiger partial charge is 0.253 e. The number of aromatic nitrogens is 4. The lowest BCUT2D eigenvalue weighted by molar-refractivity contribution is 0.0703. The largest absolute Gasteiger partial charge is 0.345 e. The molecule has 0 aliphatic carbocycles. The first kappa shape index (κ1) is 15.6. The summed E-state index contributed by atoms with van der Waals surface area (Å²) in [6, 6.07) is 7.65. The van der Waals surface area contributed by atoms with Crippen LogP contribution >= 0.6 is 0 Å². The third kappa shape index (κ3) is 3.07. The van der Waals surface area contributed by atoms with E-state index in [4.69, 9.17) is 0 Å². The van der Waals surface area contributed by atoms with Gasteiger partial charge in [-0.15, -0.1) is 0 Å². The molecule has 0 radical (unpaired) electrons. The minimum absolute atomic E-state index is 0.0762. The van der Waals surface area contributed by atoms with Crippen LogP contribution in [-0.4, -0.2) is 43.4 Å². The number of carbonyl (C=O) groups excluding carboxylic acids is 1. The number of aryl methyl sites for hydroxylation is 1. The molecular formula is C19H21N5O. The molecule has 2 aromatic heterocycles. The molecule has 3 heterocycles. The van der Waals surface area contributed by atoms with Gasteiger partial charge in [0.2, 0.25) is 0 Å². The van der Waals surface area contributed by atoms with Crippen molar-refractivity contribution in [3.8, 4) is 11.4 Å². The van der Waals surface area contributed by atoms with E-state index in [0.29, 0.717) is 18.0 Å². The fourth-order valence-electron chi connectivity index (χ4n) is 3.55. The highest BCUT2D eigenvalue weighted by atomic mass is 16.2. The number of nitrogens with one attached hydrogen (secondary N) is 1. The van der Waals surface area contributed by atoms with Crippen LogP contribution in [0.3, 0.4) is 0 Å². The highest BCUT2D eigenvalue weighted by Gasteiger charge is 2.27. The Balaban J connectivity index is 1.54. The molecule has 1 aromatic carbocycles. The Kier molecular flexibility index (Phi) is 4.09. The minimum Gasteiger partial charge on any atom is -0.345 e. The molecule has 6 nitrogen and oxygen atoms in total. The number of piperidine rings is 1. The second-order valence-electron chi connectivity index (χ2n) is 6.51. The maximum atomic E-state index is 13.0. The van der Waals surface area contributed by atoms with Crippen molar-refractivity contribution in [3.63, 3.8) is 0 Å². The van der Waals surface area contributed by atoms with E-state index >= 15 is 0 Å². The summed E-state index contributed by atoms with van der Waals surface area (Å²) < 4.78 is 2.05. The summed E-state index contributed by atoms with van der Waals surface area (Å²) in [5.41, 5.74) is 1.63. The predicted molar refractivity (Wildman–Crippen MR) is 95.1 cm³/mol. The Hall–Kier alpha value is -2.89. The van der Waals surface area contributed by atoms with Gasteiger partial charge in [-0.3, -0.25) is 4.79 Å². The minimum atomic E-state index is 0.0762. The Labute approximate surface area is 146 Å². The zero-order valence-electron chi connectivity index (χ0n) is 14.2. The van der Waals surface area contributed by atoms with Crippen LogP contribution < -0.4 is 0 Å². The molecule has 1 saturated heterocycles. The third-order valence-corrected chi connectivity index (χ3v) is 4.81. The number of benzene rings is 1. The van der Waals surface area contributed by atoms with Crippen molar-refractivity contribution < 1.29 is 4.79 Å². The van der Waals surface area contributed by atoms with E-state index in [-0.39, 0.29) is 5.91 Å². The summed E-state index contributed by atoms with van der Waals surface area (Å²) in [7, 11) is 2.01. The summed E-state index contributed by atoms with van der Waals surface area (Å²) in [6.07, 6.45) is 9.35. The van der Waals surface area contributed by atoms with Crippen LogP contribution in [0.1, 0.15) is 34.9 Å². The van der Waals surface area contributed by atoms with Crippen LogP contribution in [0.2, 0.25) is 0 Å². The first-order valence-electron chi connectivity index (χ1n) is 8.58. The lowest BCUT2D eigenvalue weighted by Gasteiger charge is -2.32. The lowest BCUT2D eigenvalue weighted by Crippen LogP contribution is -2.39. The molecule has 128 valence electrons. The molecule has 1 aliphatic rings. The van der Waals surface area contributed by atoms with E-state index in [0.717, 1.165) is 36.6 Å². The quantitative estimate of drug-likeness (QED) is 0.800. The van der Waals surface area contributed by atoms with Gasteiger partial charge in [-0.2, -0.15) is 0 Å². The van der Waals surface area contributed by atoms with Gasteiger partial charge < -0.3 is 14.5 Å². The predicted octanol–water partition coefficient (Wildman–Crippen LogP) is 2.83. The summed E-state index contributed by atoms with van der Waals surface area (Å²) >= 11 is 0. The Morgan fingerprint density at radius 3 is 2.96 bits per heavy atom. The standard InChI is InChI=1S/C19H21N5O/c1-23-11-9-22-18(23)16-6-3-10-24(13-16)19(25)15-5-2-4-14(12-15)17-20-7-8-21-17/h2,4-5,7-9,11-12,16H,3,6,10,13H2,1H3,(H,20,21)/t16-/m1/s1. The van der Waals surface area contributed by atoms with Gasteiger partial charge in [0.05, 0.1) is 0 Å². The van der Waals surface area contributed by atoms with Gasteiger partial charge in [-0.05, 0) is 25.0 Å². The molecule has 6 heteroatoms. The Morgan fingerprint density at radius 2 is 2.20 bits per heavy atom. The number of likely N-dealkylation sites (tertiary alicyclic amines) is 1. The van der Waals surface area contributed by atoms with Crippen LogP contribution in [-0.2, 0) is 7.05 Å². The van der Waals surface area contributed by atoms with Gasteiger partial charge in [-0.1, -0.05) is 12.1 Å². The van der Waals surface area contributed by atoms with Crippen molar-refractivity contribution in [1.82, 2.24) is 24.4 Å². The molecule has 1 fully saturated rings. The second kappa shape index (κ2) is 6.55. The number of hydrogen-bond donors (Lipinski definition) is 1. The zero-order valence-corrected chi connectivity index (χ0v) is 14.2. The molecule has 0 unspecified atom stereocenters. The van der Waals surface area contributed by atoms with Crippen molar-refractivity contribution in [2.24, 2.45) is 7.05 Å². The highest BCUT2D eigenvalue weighted by molar-refractivity contribution is 5.95. The van der Waals surface area contributed by atoms with Crippen molar-refractivity contribution in [2.45, 2.75) is 18.8 Å². The number of hydrogen-bond acceptors (Lipinski definition) is 3. The van der Waals surface area contributed by atoms with E-state index in [1.54, 1.807) is 12.4 Å². The van der Waals surface area contributed by atoms with Gasteiger partial charge in [-0.25, -0.2) is 9.97 Å². The van der Waals surface area contributed by atoms with Crippen molar-refractivity contribution in [2.75, 3.05) is 13.1 Å². The SMILES string of the molecule is Cn1ccnc1[C@@H]1CCCN(C(=O)c2cccc(-c3ncc[nH]3)c2)C1. The maximum absolute atomic E-state index is 13.0. The molecule has 0 bridgehead atoms. The number of nitrogens with zero attached hydrogens (tertiary/aromatic N) is 4. The monoisotopic (exact) mass is 335 g/mol. The topological polar surface area (TPSA) is 66.8 Å². The first-order valence-corrected chi connectivity index (χ1v) is 8.58. The highest BCUT2D eigenvalue weighted by Crippen LogP contribution is 2.27. The van der Waals surface area contributed by atoms with E-state index in [2.05, 4.69) is 19.5 Å². The summed E-state index contributed by atoms with van der Waals surface area (Å²) in [5.74, 6) is 2.21. The zero-order chi connectivity index (χ0) is 17.2. The number of H-pyrrole nitrogens is 1. The third-order valence-electron chi connectivity index (χ3n) is 4.81. The first-order chi connectivity index (χ1) is 12.2. The normalized spacial score (nSPS) is 17.6. The van der Waals surface area contributed by atoms with Crippen LogP contribution in [0, 0.1) is 0 Å². The van der Waals surface area contributed by atoms with E-state index in [9.17, 15) is 4.79 Å². The van der Waals surface area contributed by atoms with Crippen LogP contribution in [0.5, 0.6) is 0 Å². The molecule has 1 aliphatic heterocycles. The van der Waals surface area contributed by atoms with Crippen LogP contribution in [0.25, 0.3) is 11.4 Å². The number of aromatic amines is 1. The molecule has 3 aromatic rings. The molecular weight excluding hydrogens is 314 g/mol. The number of carbonyl (C=O) groups is 1. The van der Waals surface area contributed by atoms with Crippen LogP contribution in [0.4, 0.5) is 0 Å².